The van der Waals surface area contributed by atoms with Crippen LogP contribution in [0.1, 0.15) is 24.0 Å². The standard InChI is InChI=1S/C12H8F4/c13-11(14)9-6-5-7-3-1-2-4-8(7)10(9)12(15)16/h1-6,11-12H. The van der Waals surface area contributed by atoms with Crippen molar-refractivity contribution < 1.29 is 17.6 Å². The van der Waals surface area contributed by atoms with Gasteiger partial charge in [0.1, 0.15) is 0 Å². The van der Waals surface area contributed by atoms with E-state index in [9.17, 15) is 17.6 Å². The number of benzene rings is 2. The summed E-state index contributed by atoms with van der Waals surface area (Å²) < 4.78 is 50.7. The Morgan fingerprint density at radius 2 is 1.44 bits per heavy atom. The molecule has 0 heterocycles. The molecule has 4 heteroatoms. The van der Waals surface area contributed by atoms with Crippen LogP contribution in [0.15, 0.2) is 36.4 Å². The molecule has 2 aromatic rings. The lowest BCUT2D eigenvalue weighted by Crippen LogP contribution is -1.96. The lowest BCUT2D eigenvalue weighted by Gasteiger charge is -2.11. The molecule has 0 radical (unpaired) electrons. The van der Waals surface area contributed by atoms with Gasteiger partial charge in [-0.05, 0) is 10.8 Å². The SMILES string of the molecule is FC(F)c1ccc2ccccc2c1C(F)F. The van der Waals surface area contributed by atoms with Crippen LogP contribution < -0.4 is 0 Å². The van der Waals surface area contributed by atoms with Crippen LogP contribution in [0.2, 0.25) is 0 Å². The molecule has 0 unspecified atom stereocenters. The van der Waals surface area contributed by atoms with Gasteiger partial charge in [0.05, 0.1) is 0 Å². The van der Waals surface area contributed by atoms with Gasteiger partial charge in [-0.2, -0.15) is 0 Å². The molecule has 0 aliphatic heterocycles. The number of halogens is 4. The molecule has 0 spiro atoms. The van der Waals surface area contributed by atoms with Gasteiger partial charge in [-0.1, -0.05) is 36.4 Å². The van der Waals surface area contributed by atoms with E-state index in [4.69, 9.17) is 0 Å². The fourth-order valence-electron chi connectivity index (χ4n) is 1.75. The maximum Gasteiger partial charge on any atom is 0.264 e. The predicted molar refractivity (Wildman–Crippen MR) is 53.9 cm³/mol. The number of rotatable bonds is 2. The zero-order valence-electron chi connectivity index (χ0n) is 8.13. The summed E-state index contributed by atoms with van der Waals surface area (Å²) in [6.07, 6.45) is -5.77. The van der Waals surface area contributed by atoms with Gasteiger partial charge in [-0.25, -0.2) is 17.6 Å². The largest absolute Gasteiger partial charge is 0.264 e. The van der Waals surface area contributed by atoms with Crippen LogP contribution in [-0.4, -0.2) is 0 Å². The molecule has 0 bridgehead atoms. The topological polar surface area (TPSA) is 0 Å². The van der Waals surface area contributed by atoms with Crippen LogP contribution in [-0.2, 0) is 0 Å². The minimum Gasteiger partial charge on any atom is -0.205 e. The Morgan fingerprint density at radius 3 is 2.06 bits per heavy atom. The first-order chi connectivity index (χ1) is 7.61. The van der Waals surface area contributed by atoms with E-state index in [2.05, 4.69) is 0 Å². The lowest BCUT2D eigenvalue weighted by molar-refractivity contribution is 0.126. The molecule has 0 N–H and O–H groups in total. The molecular formula is C12H8F4. The highest BCUT2D eigenvalue weighted by molar-refractivity contribution is 5.87. The smallest absolute Gasteiger partial charge is 0.205 e. The third-order valence-corrected chi connectivity index (χ3v) is 2.46. The van der Waals surface area contributed by atoms with E-state index in [-0.39, 0.29) is 5.39 Å². The third kappa shape index (κ3) is 1.75. The van der Waals surface area contributed by atoms with E-state index < -0.39 is 24.0 Å². The first-order valence-electron chi connectivity index (χ1n) is 4.69. The molecule has 0 nitrogen and oxygen atoms in total. The molecule has 0 aliphatic rings. The van der Waals surface area contributed by atoms with Gasteiger partial charge in [0, 0.05) is 11.1 Å². The van der Waals surface area contributed by atoms with E-state index in [1.165, 1.54) is 12.1 Å². The average Bonchev–Trinajstić information content (AvgIpc) is 2.27. The van der Waals surface area contributed by atoms with Gasteiger partial charge in [0.2, 0.25) is 0 Å². The Morgan fingerprint density at radius 1 is 0.750 bits per heavy atom. The zero-order chi connectivity index (χ0) is 11.7. The van der Waals surface area contributed by atoms with Crippen LogP contribution >= 0.6 is 0 Å². The quantitative estimate of drug-likeness (QED) is 0.652. The van der Waals surface area contributed by atoms with Crippen molar-refractivity contribution >= 4 is 10.8 Å². The van der Waals surface area contributed by atoms with Crippen molar-refractivity contribution in [3.8, 4) is 0 Å². The molecule has 16 heavy (non-hydrogen) atoms. The van der Waals surface area contributed by atoms with Gasteiger partial charge < -0.3 is 0 Å². The van der Waals surface area contributed by atoms with Gasteiger partial charge in [-0.15, -0.1) is 0 Å². The third-order valence-electron chi connectivity index (χ3n) is 2.46. The maximum absolute atomic E-state index is 12.8. The molecular weight excluding hydrogens is 220 g/mol. The van der Waals surface area contributed by atoms with Crippen molar-refractivity contribution in [3.05, 3.63) is 47.5 Å². The summed E-state index contributed by atoms with van der Waals surface area (Å²) in [4.78, 5) is 0. The summed E-state index contributed by atoms with van der Waals surface area (Å²) in [6.45, 7) is 0. The van der Waals surface area contributed by atoms with Crippen LogP contribution in [0.4, 0.5) is 17.6 Å². The van der Waals surface area contributed by atoms with E-state index in [0.717, 1.165) is 6.07 Å². The lowest BCUT2D eigenvalue weighted by atomic mass is 9.99. The van der Waals surface area contributed by atoms with E-state index in [1.54, 1.807) is 18.2 Å². The second kappa shape index (κ2) is 4.12. The second-order valence-electron chi connectivity index (χ2n) is 3.39. The first-order valence-corrected chi connectivity index (χ1v) is 4.69. The van der Waals surface area contributed by atoms with Crippen LogP contribution in [0.3, 0.4) is 0 Å². The Kier molecular flexibility index (Phi) is 2.81. The van der Waals surface area contributed by atoms with Crippen LogP contribution in [0, 0.1) is 0 Å². The van der Waals surface area contributed by atoms with E-state index >= 15 is 0 Å². The molecule has 0 atom stereocenters. The minimum atomic E-state index is -2.89. The molecule has 2 rings (SSSR count). The molecule has 0 fully saturated rings. The van der Waals surface area contributed by atoms with Gasteiger partial charge in [0.15, 0.2) is 0 Å². The van der Waals surface area contributed by atoms with Gasteiger partial charge >= 0.3 is 0 Å². The summed E-state index contributed by atoms with van der Waals surface area (Å²) in [6, 6.07) is 8.79. The normalized spacial score (nSPS) is 11.6. The van der Waals surface area contributed by atoms with Gasteiger partial charge in [0.25, 0.3) is 12.9 Å². The van der Waals surface area contributed by atoms with E-state index in [0.29, 0.717) is 5.39 Å². The molecule has 0 amide bonds. The summed E-state index contributed by atoms with van der Waals surface area (Å²) in [5.41, 5.74) is -1.15. The number of hydrogen-bond acceptors (Lipinski definition) is 0. The first kappa shape index (κ1) is 10.9. The summed E-state index contributed by atoms with van der Waals surface area (Å²) in [5.74, 6) is 0. The number of fused-ring (bicyclic) bond motifs is 1. The predicted octanol–water partition coefficient (Wildman–Crippen LogP) is 4.72. The molecule has 2 aromatic carbocycles. The van der Waals surface area contributed by atoms with E-state index in [1.807, 2.05) is 0 Å². The average molecular weight is 228 g/mol. The summed E-state index contributed by atoms with van der Waals surface area (Å²) in [5, 5.41) is 0.734. The number of hydrogen-bond donors (Lipinski definition) is 0. The second-order valence-corrected chi connectivity index (χ2v) is 3.39. The monoisotopic (exact) mass is 228 g/mol. The van der Waals surface area contributed by atoms with Crippen LogP contribution in [0.5, 0.6) is 0 Å². The Labute approximate surface area is 89.5 Å². The molecule has 0 saturated carbocycles. The summed E-state index contributed by atoms with van der Waals surface area (Å²) in [7, 11) is 0. The Hall–Kier alpha value is -1.58. The van der Waals surface area contributed by atoms with Crippen molar-refractivity contribution in [1.82, 2.24) is 0 Å². The Bertz CT molecular complexity index is 505. The van der Waals surface area contributed by atoms with Crippen molar-refractivity contribution in [2.75, 3.05) is 0 Å². The molecule has 0 aliphatic carbocycles. The highest BCUT2D eigenvalue weighted by Crippen LogP contribution is 2.35. The van der Waals surface area contributed by atoms with Crippen molar-refractivity contribution in [1.29, 1.82) is 0 Å². The fraction of sp³-hybridized carbons (Fsp3) is 0.167. The highest BCUT2D eigenvalue weighted by Gasteiger charge is 2.21. The summed E-state index contributed by atoms with van der Waals surface area (Å²) >= 11 is 0. The maximum atomic E-state index is 12.8. The molecule has 0 saturated heterocycles. The highest BCUT2D eigenvalue weighted by atomic mass is 19.3. The zero-order valence-corrected chi connectivity index (χ0v) is 8.13. The Balaban J connectivity index is 2.79. The number of alkyl halides is 4. The molecule has 84 valence electrons. The van der Waals surface area contributed by atoms with Crippen LogP contribution in [0.25, 0.3) is 10.8 Å². The van der Waals surface area contributed by atoms with Crippen molar-refractivity contribution in [3.63, 3.8) is 0 Å². The molecule has 0 aromatic heterocycles. The fourth-order valence-corrected chi connectivity index (χ4v) is 1.75. The van der Waals surface area contributed by atoms with Gasteiger partial charge in [-0.3, -0.25) is 0 Å². The minimum absolute atomic E-state index is 0.190. The van der Waals surface area contributed by atoms with Crippen molar-refractivity contribution in [2.24, 2.45) is 0 Å². The van der Waals surface area contributed by atoms with Crippen molar-refractivity contribution in [2.45, 2.75) is 12.9 Å².